The quantitative estimate of drug-likeness (QED) is 0.697. The summed E-state index contributed by atoms with van der Waals surface area (Å²) >= 11 is 7.01. The zero-order valence-electron chi connectivity index (χ0n) is 12.9. The second-order valence-electron chi connectivity index (χ2n) is 5.52. The molecule has 0 radical (unpaired) electrons. The maximum absolute atomic E-state index is 12.5. The largest absolute Gasteiger partial charge is 0.350 e. The van der Waals surface area contributed by atoms with E-state index >= 15 is 0 Å². The zero-order chi connectivity index (χ0) is 16.3. The second-order valence-corrected chi connectivity index (χ2v) is 9.15. The molecule has 6 nitrogen and oxygen atoms in total. The average Bonchev–Trinajstić information content (AvgIpc) is 2.79. The van der Waals surface area contributed by atoms with Crippen molar-refractivity contribution in [2.24, 2.45) is 0 Å². The minimum absolute atomic E-state index is 0.00934. The van der Waals surface area contributed by atoms with Gasteiger partial charge < -0.3 is 5.32 Å². The van der Waals surface area contributed by atoms with Crippen molar-refractivity contribution in [3.8, 4) is 0 Å². The average molecular weight is 366 g/mol. The first-order valence-corrected chi connectivity index (χ1v) is 10.9. The third kappa shape index (κ3) is 3.74. The molecule has 0 aromatic rings. The summed E-state index contributed by atoms with van der Waals surface area (Å²) in [6, 6.07) is -0.215. The molecule has 1 atom stereocenters. The zero-order valence-corrected chi connectivity index (χ0v) is 15.4. The highest BCUT2D eigenvalue weighted by Gasteiger charge is 2.41. The summed E-state index contributed by atoms with van der Waals surface area (Å²) in [4.78, 5) is 14.2. The summed E-state index contributed by atoms with van der Waals surface area (Å²) in [6.45, 7) is 2.58. The number of sulfonamides is 1. The Morgan fingerprint density at radius 1 is 1.36 bits per heavy atom. The first-order valence-electron chi connectivity index (χ1n) is 7.51. The number of thioether (sulfide) groups is 1. The molecule has 0 aliphatic carbocycles. The molecule has 2 saturated heterocycles. The number of carbonyl (C=O) groups excluding carboxylic acids is 1. The van der Waals surface area contributed by atoms with Gasteiger partial charge in [0.2, 0.25) is 10.0 Å². The fourth-order valence-electron chi connectivity index (χ4n) is 2.89. The topological polar surface area (TPSA) is 69.7 Å². The maximum Gasteiger partial charge on any atom is 0.251 e. The lowest BCUT2D eigenvalue weighted by molar-refractivity contribution is -0.129. The Labute approximate surface area is 142 Å². The summed E-state index contributed by atoms with van der Waals surface area (Å²) in [7, 11) is -3.14. The van der Waals surface area contributed by atoms with E-state index in [4.69, 9.17) is 12.2 Å². The molecule has 126 valence electrons. The van der Waals surface area contributed by atoms with Crippen LogP contribution in [0.1, 0.15) is 26.2 Å². The maximum atomic E-state index is 12.5. The van der Waals surface area contributed by atoms with Gasteiger partial charge >= 0.3 is 0 Å². The summed E-state index contributed by atoms with van der Waals surface area (Å²) in [5.41, 5.74) is 0. The van der Waals surface area contributed by atoms with Crippen LogP contribution in [0.25, 0.3) is 0 Å². The summed E-state index contributed by atoms with van der Waals surface area (Å²) in [5, 5.41) is 3.59. The van der Waals surface area contributed by atoms with E-state index in [1.807, 2.05) is 6.26 Å². The SMILES string of the molecule is CCS(=O)(=O)N1CCC(N2C(=O)C(CCSC)NC2=S)CC1. The Morgan fingerprint density at radius 3 is 2.55 bits per heavy atom. The molecule has 2 fully saturated rings. The van der Waals surface area contributed by atoms with Gasteiger partial charge in [0.25, 0.3) is 5.91 Å². The van der Waals surface area contributed by atoms with Gasteiger partial charge in [0, 0.05) is 19.1 Å². The second kappa shape index (κ2) is 7.46. The van der Waals surface area contributed by atoms with Crippen LogP contribution in [0.3, 0.4) is 0 Å². The van der Waals surface area contributed by atoms with Crippen molar-refractivity contribution in [2.45, 2.75) is 38.3 Å². The molecule has 1 N–H and O–H groups in total. The van der Waals surface area contributed by atoms with Gasteiger partial charge in [0.1, 0.15) is 6.04 Å². The molecule has 1 unspecified atom stereocenters. The number of piperidine rings is 1. The van der Waals surface area contributed by atoms with Gasteiger partial charge in [-0.2, -0.15) is 11.8 Å². The molecule has 22 heavy (non-hydrogen) atoms. The molecule has 0 spiro atoms. The highest BCUT2D eigenvalue weighted by Crippen LogP contribution is 2.23. The van der Waals surface area contributed by atoms with E-state index in [1.165, 1.54) is 4.31 Å². The smallest absolute Gasteiger partial charge is 0.251 e. The van der Waals surface area contributed by atoms with Gasteiger partial charge in [-0.05, 0) is 50.4 Å². The predicted molar refractivity (Wildman–Crippen MR) is 93.4 cm³/mol. The van der Waals surface area contributed by atoms with Crippen LogP contribution >= 0.6 is 24.0 Å². The lowest BCUT2D eigenvalue weighted by Gasteiger charge is -2.35. The summed E-state index contributed by atoms with van der Waals surface area (Å²) < 4.78 is 25.3. The predicted octanol–water partition coefficient (Wildman–Crippen LogP) is 0.639. The van der Waals surface area contributed by atoms with Gasteiger partial charge in [-0.1, -0.05) is 0 Å². The molecule has 2 rings (SSSR count). The third-order valence-electron chi connectivity index (χ3n) is 4.21. The van der Waals surface area contributed by atoms with Crippen molar-refractivity contribution >= 4 is 45.0 Å². The van der Waals surface area contributed by atoms with Gasteiger partial charge in [0.15, 0.2) is 5.11 Å². The number of amides is 1. The van der Waals surface area contributed by atoms with Crippen molar-refractivity contribution in [3.05, 3.63) is 0 Å². The minimum atomic E-state index is -3.14. The highest BCUT2D eigenvalue weighted by molar-refractivity contribution is 7.98. The first kappa shape index (κ1) is 18.0. The van der Waals surface area contributed by atoms with Crippen molar-refractivity contribution in [1.82, 2.24) is 14.5 Å². The van der Waals surface area contributed by atoms with Crippen LogP contribution in [-0.2, 0) is 14.8 Å². The number of hydrogen-bond donors (Lipinski definition) is 1. The fraction of sp³-hybridized carbons (Fsp3) is 0.846. The number of thiocarbonyl (C=S) groups is 1. The molecule has 2 aliphatic heterocycles. The number of hydrogen-bond acceptors (Lipinski definition) is 5. The van der Waals surface area contributed by atoms with Crippen LogP contribution in [-0.4, -0.2) is 71.6 Å². The first-order chi connectivity index (χ1) is 10.4. The Balaban J connectivity index is 1.96. The van der Waals surface area contributed by atoms with Crippen LogP contribution in [0.2, 0.25) is 0 Å². The van der Waals surface area contributed by atoms with Crippen molar-refractivity contribution in [2.75, 3.05) is 30.9 Å². The molecular weight excluding hydrogens is 342 g/mol. The molecule has 9 heteroatoms. The molecule has 1 amide bonds. The van der Waals surface area contributed by atoms with Gasteiger partial charge in [0.05, 0.1) is 5.75 Å². The standard InChI is InChI=1S/C13H23N3O3S3/c1-3-22(18,19)15-7-4-10(5-8-15)16-12(17)11(6-9-21-2)14-13(16)20/h10-11H,3-9H2,1-2H3,(H,14,20). The van der Waals surface area contributed by atoms with E-state index in [0.717, 1.165) is 12.2 Å². The van der Waals surface area contributed by atoms with Crippen molar-refractivity contribution < 1.29 is 13.2 Å². The number of rotatable bonds is 6. The molecule has 2 heterocycles. The monoisotopic (exact) mass is 365 g/mol. The van der Waals surface area contributed by atoms with E-state index in [-0.39, 0.29) is 23.7 Å². The number of nitrogens with one attached hydrogen (secondary N) is 1. The molecule has 0 aromatic heterocycles. The summed E-state index contributed by atoms with van der Waals surface area (Å²) in [6.07, 6.45) is 4.06. The molecule has 2 aliphatic rings. The summed E-state index contributed by atoms with van der Waals surface area (Å²) in [5.74, 6) is 1.07. The Morgan fingerprint density at radius 2 is 2.00 bits per heavy atom. The highest BCUT2D eigenvalue weighted by atomic mass is 32.2. The lowest BCUT2D eigenvalue weighted by Crippen LogP contribution is -2.49. The number of carbonyl (C=O) groups is 1. The fourth-order valence-corrected chi connectivity index (χ4v) is 4.87. The Bertz CT molecular complexity index is 530. The van der Waals surface area contributed by atoms with Crippen molar-refractivity contribution in [3.63, 3.8) is 0 Å². The lowest BCUT2D eigenvalue weighted by atomic mass is 10.0. The van der Waals surface area contributed by atoms with Crippen LogP contribution in [0, 0.1) is 0 Å². The number of nitrogens with zero attached hydrogens (tertiary/aromatic N) is 2. The third-order valence-corrected chi connectivity index (χ3v) is 7.05. The van der Waals surface area contributed by atoms with Crippen LogP contribution in [0.5, 0.6) is 0 Å². The van der Waals surface area contributed by atoms with E-state index in [1.54, 1.807) is 23.6 Å². The van der Waals surface area contributed by atoms with E-state index < -0.39 is 10.0 Å². The van der Waals surface area contributed by atoms with Crippen LogP contribution in [0.15, 0.2) is 0 Å². The van der Waals surface area contributed by atoms with Crippen LogP contribution < -0.4 is 5.32 Å². The molecule has 0 bridgehead atoms. The van der Waals surface area contributed by atoms with E-state index in [2.05, 4.69) is 5.32 Å². The van der Waals surface area contributed by atoms with Gasteiger partial charge in [-0.25, -0.2) is 12.7 Å². The molecular formula is C13H23N3O3S3. The minimum Gasteiger partial charge on any atom is -0.350 e. The molecule has 0 aromatic carbocycles. The van der Waals surface area contributed by atoms with Gasteiger partial charge in [-0.3, -0.25) is 9.69 Å². The molecule has 0 saturated carbocycles. The van der Waals surface area contributed by atoms with Crippen molar-refractivity contribution in [1.29, 1.82) is 0 Å². The Kier molecular flexibility index (Phi) is 6.09. The normalized spacial score (nSPS) is 24.8. The van der Waals surface area contributed by atoms with Crippen LogP contribution in [0.4, 0.5) is 0 Å². The van der Waals surface area contributed by atoms with E-state index in [0.29, 0.717) is 31.0 Å². The Hall–Kier alpha value is -0.380. The van der Waals surface area contributed by atoms with Gasteiger partial charge in [-0.15, -0.1) is 0 Å². The van der Waals surface area contributed by atoms with E-state index in [9.17, 15) is 13.2 Å².